The minimum atomic E-state index is -0.0367. The zero-order valence-electron chi connectivity index (χ0n) is 20.0. The topological polar surface area (TPSA) is 80.7 Å². The molecular weight excluding hydrogens is 442 g/mol. The monoisotopic (exact) mass is 471 g/mol. The second-order valence-electron chi connectivity index (χ2n) is 9.32. The normalized spacial score (nSPS) is 11.4. The standard InChI is InChI=1S/C27H29N5OS/c1-18-15-21(22-11-14-29-26(32-22)31-16-19-9-12-28-13-10-19)6-5-20(18)7-8-23(33)24-17-30-25(34-24)27(2,3)4/h5-6,9-15,17H,7-8,16H2,1-4H3,(H,29,31,32). The van der Waals surface area contributed by atoms with Crippen molar-refractivity contribution in [3.63, 3.8) is 0 Å². The van der Waals surface area contributed by atoms with Crippen LogP contribution in [-0.2, 0) is 18.4 Å². The first-order chi connectivity index (χ1) is 16.3. The van der Waals surface area contributed by atoms with E-state index in [0.29, 0.717) is 25.3 Å². The predicted octanol–water partition coefficient (Wildman–Crippen LogP) is 6.03. The van der Waals surface area contributed by atoms with Gasteiger partial charge in [0.05, 0.1) is 15.6 Å². The highest BCUT2D eigenvalue weighted by Gasteiger charge is 2.20. The first kappa shape index (κ1) is 23.7. The maximum absolute atomic E-state index is 12.7. The van der Waals surface area contributed by atoms with E-state index < -0.39 is 0 Å². The van der Waals surface area contributed by atoms with E-state index in [-0.39, 0.29) is 11.2 Å². The Morgan fingerprint density at radius 3 is 2.53 bits per heavy atom. The lowest BCUT2D eigenvalue weighted by molar-refractivity contribution is 0.0986. The van der Waals surface area contributed by atoms with E-state index in [1.165, 1.54) is 16.9 Å². The molecule has 0 saturated heterocycles. The molecule has 0 saturated carbocycles. The minimum Gasteiger partial charge on any atom is -0.350 e. The van der Waals surface area contributed by atoms with Crippen LogP contribution in [0.5, 0.6) is 0 Å². The van der Waals surface area contributed by atoms with Crippen LogP contribution in [0.2, 0.25) is 0 Å². The highest BCUT2D eigenvalue weighted by Crippen LogP contribution is 2.28. The number of hydrogen-bond acceptors (Lipinski definition) is 7. The predicted molar refractivity (Wildman–Crippen MR) is 137 cm³/mol. The molecule has 4 aromatic rings. The zero-order valence-corrected chi connectivity index (χ0v) is 20.8. The number of nitrogens with one attached hydrogen (secondary N) is 1. The molecule has 3 heterocycles. The summed E-state index contributed by atoms with van der Waals surface area (Å²) in [5.74, 6) is 0.734. The second-order valence-corrected chi connectivity index (χ2v) is 10.3. The van der Waals surface area contributed by atoms with Gasteiger partial charge >= 0.3 is 0 Å². The maximum atomic E-state index is 12.7. The lowest BCUT2D eigenvalue weighted by Gasteiger charge is -2.13. The van der Waals surface area contributed by atoms with Crippen LogP contribution in [0.15, 0.2) is 61.2 Å². The molecule has 0 aliphatic rings. The molecule has 0 radical (unpaired) electrons. The number of anilines is 1. The van der Waals surface area contributed by atoms with E-state index in [4.69, 9.17) is 0 Å². The molecule has 0 aliphatic heterocycles. The fourth-order valence-corrected chi connectivity index (χ4v) is 4.48. The highest BCUT2D eigenvalue weighted by atomic mass is 32.1. The SMILES string of the molecule is Cc1cc(-c2ccnc(NCc3ccncc3)n2)ccc1CCC(=O)c1cnc(C(C)(C)C)s1. The molecule has 4 rings (SSSR count). The van der Waals surface area contributed by atoms with Crippen LogP contribution in [0, 0.1) is 6.92 Å². The molecule has 3 aromatic heterocycles. The molecule has 0 unspecified atom stereocenters. The van der Waals surface area contributed by atoms with Gasteiger partial charge in [-0.05, 0) is 54.3 Å². The molecule has 34 heavy (non-hydrogen) atoms. The van der Waals surface area contributed by atoms with Gasteiger partial charge in [0.15, 0.2) is 5.78 Å². The summed E-state index contributed by atoms with van der Waals surface area (Å²) in [5.41, 5.74) is 5.28. The molecule has 0 fully saturated rings. The Morgan fingerprint density at radius 1 is 1.03 bits per heavy atom. The summed E-state index contributed by atoms with van der Waals surface area (Å²) >= 11 is 1.51. The minimum absolute atomic E-state index is 0.0367. The Labute approximate surface area is 204 Å². The maximum Gasteiger partial charge on any atom is 0.223 e. The van der Waals surface area contributed by atoms with Crippen molar-refractivity contribution < 1.29 is 4.79 Å². The van der Waals surface area contributed by atoms with Crippen LogP contribution >= 0.6 is 11.3 Å². The van der Waals surface area contributed by atoms with Crippen molar-refractivity contribution in [3.8, 4) is 11.3 Å². The van der Waals surface area contributed by atoms with E-state index >= 15 is 0 Å². The zero-order chi connectivity index (χ0) is 24.1. The van der Waals surface area contributed by atoms with Crippen molar-refractivity contribution in [2.24, 2.45) is 0 Å². The molecule has 1 N–H and O–H groups in total. The number of aryl methyl sites for hydroxylation is 2. The fourth-order valence-electron chi connectivity index (χ4n) is 3.54. The summed E-state index contributed by atoms with van der Waals surface area (Å²) in [7, 11) is 0. The van der Waals surface area contributed by atoms with Gasteiger partial charge in [0.25, 0.3) is 0 Å². The number of rotatable bonds is 8. The first-order valence-corrected chi connectivity index (χ1v) is 12.2. The third-order valence-electron chi connectivity index (χ3n) is 5.54. The summed E-state index contributed by atoms with van der Waals surface area (Å²) in [5, 5.41) is 4.26. The van der Waals surface area contributed by atoms with Crippen molar-refractivity contribution in [3.05, 3.63) is 87.8 Å². The quantitative estimate of drug-likeness (QED) is 0.316. The van der Waals surface area contributed by atoms with Gasteiger partial charge in [0.2, 0.25) is 5.95 Å². The Kier molecular flexibility index (Phi) is 7.12. The van der Waals surface area contributed by atoms with E-state index in [9.17, 15) is 4.79 Å². The molecule has 6 nitrogen and oxygen atoms in total. The number of pyridine rings is 1. The smallest absolute Gasteiger partial charge is 0.223 e. The van der Waals surface area contributed by atoms with Gasteiger partial charge < -0.3 is 5.32 Å². The van der Waals surface area contributed by atoms with E-state index in [0.717, 1.165) is 32.3 Å². The number of aromatic nitrogens is 4. The lowest BCUT2D eigenvalue weighted by atomic mass is 9.98. The molecule has 7 heteroatoms. The van der Waals surface area contributed by atoms with E-state index in [1.807, 2.05) is 18.2 Å². The summed E-state index contributed by atoms with van der Waals surface area (Å²) in [6.07, 6.45) is 8.21. The number of hydrogen-bond donors (Lipinski definition) is 1. The van der Waals surface area contributed by atoms with Gasteiger partial charge in [-0.1, -0.05) is 32.9 Å². The Hall–Kier alpha value is -3.45. The largest absolute Gasteiger partial charge is 0.350 e. The number of ketones is 1. The van der Waals surface area contributed by atoms with Gasteiger partial charge in [0, 0.05) is 48.7 Å². The highest BCUT2D eigenvalue weighted by molar-refractivity contribution is 7.13. The average Bonchev–Trinajstić information content (AvgIpc) is 3.34. The Bertz CT molecular complexity index is 1280. The first-order valence-electron chi connectivity index (χ1n) is 11.3. The molecule has 0 spiro atoms. The van der Waals surface area contributed by atoms with Gasteiger partial charge in [-0.25, -0.2) is 15.0 Å². The van der Waals surface area contributed by atoms with Crippen molar-refractivity contribution in [1.82, 2.24) is 19.9 Å². The van der Waals surface area contributed by atoms with Crippen molar-refractivity contribution in [1.29, 1.82) is 0 Å². The molecule has 0 aliphatic carbocycles. The number of thiazole rings is 1. The number of benzene rings is 1. The molecule has 0 bridgehead atoms. The molecule has 174 valence electrons. The van der Waals surface area contributed by atoms with Gasteiger partial charge in [-0.2, -0.15) is 0 Å². The van der Waals surface area contributed by atoms with E-state index in [1.54, 1.807) is 24.8 Å². The molecular formula is C27H29N5OS. The number of carbonyl (C=O) groups is 1. The van der Waals surface area contributed by atoms with Gasteiger partial charge in [-0.15, -0.1) is 11.3 Å². The molecule has 1 aromatic carbocycles. The summed E-state index contributed by atoms with van der Waals surface area (Å²) in [6, 6.07) is 12.1. The Balaban J connectivity index is 1.40. The van der Waals surface area contributed by atoms with E-state index in [2.05, 4.69) is 71.1 Å². The fraction of sp³-hybridized carbons (Fsp3) is 0.296. The Morgan fingerprint density at radius 2 is 1.82 bits per heavy atom. The summed E-state index contributed by atoms with van der Waals surface area (Å²) in [4.78, 5) is 30.9. The van der Waals surface area contributed by atoms with Crippen LogP contribution in [0.4, 0.5) is 5.95 Å². The number of Topliss-reactive ketones (excluding diaryl/α,β-unsaturated/α-hetero) is 1. The molecule has 0 atom stereocenters. The molecule has 0 amide bonds. The third kappa shape index (κ3) is 5.91. The second kappa shape index (κ2) is 10.2. The van der Waals surface area contributed by atoms with Crippen LogP contribution < -0.4 is 5.32 Å². The van der Waals surface area contributed by atoms with Crippen molar-refractivity contribution in [2.75, 3.05) is 5.32 Å². The van der Waals surface area contributed by atoms with Crippen LogP contribution in [0.25, 0.3) is 11.3 Å². The van der Waals surface area contributed by atoms with Gasteiger partial charge in [0.1, 0.15) is 0 Å². The number of nitrogens with zero attached hydrogens (tertiary/aromatic N) is 4. The van der Waals surface area contributed by atoms with Crippen molar-refractivity contribution >= 4 is 23.1 Å². The summed E-state index contributed by atoms with van der Waals surface area (Å²) < 4.78 is 0. The number of carbonyl (C=O) groups excluding carboxylic acids is 1. The van der Waals surface area contributed by atoms with Crippen LogP contribution in [0.1, 0.15) is 58.6 Å². The third-order valence-corrected chi connectivity index (χ3v) is 7.00. The average molecular weight is 472 g/mol. The van der Waals surface area contributed by atoms with Crippen LogP contribution in [-0.4, -0.2) is 25.7 Å². The van der Waals surface area contributed by atoms with Crippen molar-refractivity contribution in [2.45, 2.75) is 52.5 Å². The van der Waals surface area contributed by atoms with Gasteiger partial charge in [-0.3, -0.25) is 9.78 Å². The van der Waals surface area contributed by atoms with Crippen LogP contribution in [0.3, 0.4) is 0 Å². The summed E-state index contributed by atoms with van der Waals surface area (Å²) in [6.45, 7) is 9.06. The lowest BCUT2D eigenvalue weighted by Crippen LogP contribution is -2.09.